The third-order valence-electron chi connectivity index (χ3n) is 4.46. The average Bonchev–Trinajstić information content (AvgIpc) is 2.49. The molecule has 8 heteroatoms. The Bertz CT molecular complexity index is 1100. The van der Waals surface area contributed by atoms with Crippen LogP contribution in [0.15, 0.2) is 35.2 Å². The fourth-order valence-electron chi connectivity index (χ4n) is 3.17. The van der Waals surface area contributed by atoms with Crippen LogP contribution in [0.5, 0.6) is 0 Å². The van der Waals surface area contributed by atoms with Crippen molar-refractivity contribution in [3.8, 4) is 0 Å². The van der Waals surface area contributed by atoms with Crippen LogP contribution in [0.4, 0.5) is 11.4 Å². The minimum Gasteiger partial charge on any atom is -0.283 e. The molecule has 2 aromatic rings. The lowest BCUT2D eigenvalue weighted by atomic mass is 9.87. The van der Waals surface area contributed by atoms with E-state index in [2.05, 4.69) is 30.2 Å². The van der Waals surface area contributed by atoms with E-state index < -0.39 is 20.0 Å². The number of hydrogen-bond donors (Lipinski definition) is 2. The van der Waals surface area contributed by atoms with E-state index in [1.807, 2.05) is 12.1 Å². The molecule has 0 aliphatic rings. The monoisotopic (exact) mass is 424 g/mol. The first-order chi connectivity index (χ1) is 12.6. The number of anilines is 2. The Morgan fingerprint density at radius 1 is 0.821 bits per heavy atom. The summed E-state index contributed by atoms with van der Waals surface area (Å²) in [5.74, 6) is 0. The first-order valence-electron chi connectivity index (χ1n) is 8.84. The van der Waals surface area contributed by atoms with Gasteiger partial charge in [0.2, 0.25) is 10.0 Å². The van der Waals surface area contributed by atoms with Crippen LogP contribution >= 0.6 is 0 Å². The van der Waals surface area contributed by atoms with Gasteiger partial charge in [-0.3, -0.25) is 9.44 Å². The van der Waals surface area contributed by atoms with Crippen molar-refractivity contribution >= 4 is 31.4 Å². The molecule has 0 heterocycles. The van der Waals surface area contributed by atoms with Crippen molar-refractivity contribution in [1.29, 1.82) is 0 Å². The van der Waals surface area contributed by atoms with Crippen molar-refractivity contribution in [2.45, 2.75) is 51.9 Å². The van der Waals surface area contributed by atoms with Gasteiger partial charge < -0.3 is 0 Å². The number of benzene rings is 2. The predicted octanol–water partition coefficient (Wildman–Crippen LogP) is 4.08. The van der Waals surface area contributed by atoms with Crippen LogP contribution in [0.1, 0.15) is 43.0 Å². The van der Waals surface area contributed by atoms with Gasteiger partial charge in [0.05, 0.1) is 16.8 Å². The molecule has 2 rings (SSSR count). The van der Waals surface area contributed by atoms with Crippen molar-refractivity contribution in [2.75, 3.05) is 15.7 Å². The van der Waals surface area contributed by atoms with E-state index in [1.54, 1.807) is 39.0 Å². The SMILES string of the molecule is Cc1cc(C)c(S(=O)(=O)Nc2ccc(C(C)(C)C)cc2)c(C)c1NS(C)(=O)=O. The van der Waals surface area contributed by atoms with Gasteiger partial charge in [0.1, 0.15) is 0 Å². The predicted molar refractivity (Wildman–Crippen MR) is 115 cm³/mol. The molecule has 2 N–H and O–H groups in total. The summed E-state index contributed by atoms with van der Waals surface area (Å²) in [6, 6.07) is 8.91. The Hall–Kier alpha value is -2.06. The van der Waals surface area contributed by atoms with Gasteiger partial charge in [0, 0.05) is 5.69 Å². The molecule has 28 heavy (non-hydrogen) atoms. The zero-order valence-corrected chi connectivity index (χ0v) is 19.0. The van der Waals surface area contributed by atoms with Crippen molar-refractivity contribution in [2.24, 2.45) is 0 Å². The highest BCUT2D eigenvalue weighted by Crippen LogP contribution is 2.32. The van der Waals surface area contributed by atoms with Gasteiger partial charge >= 0.3 is 0 Å². The number of sulfonamides is 2. The first-order valence-corrected chi connectivity index (χ1v) is 12.2. The third-order valence-corrected chi connectivity index (χ3v) is 6.71. The molecule has 0 amide bonds. The van der Waals surface area contributed by atoms with E-state index in [-0.39, 0.29) is 16.0 Å². The molecule has 0 saturated carbocycles. The maximum Gasteiger partial charge on any atom is 0.262 e. The summed E-state index contributed by atoms with van der Waals surface area (Å²) in [7, 11) is -7.44. The average molecular weight is 425 g/mol. The van der Waals surface area contributed by atoms with Crippen LogP contribution in [0.2, 0.25) is 0 Å². The molecule has 0 unspecified atom stereocenters. The van der Waals surface area contributed by atoms with Gasteiger partial charge in [-0.1, -0.05) is 39.0 Å². The van der Waals surface area contributed by atoms with Gasteiger partial charge in [0.25, 0.3) is 10.0 Å². The molecule has 0 spiro atoms. The molecule has 154 valence electrons. The van der Waals surface area contributed by atoms with Crippen molar-refractivity contribution < 1.29 is 16.8 Å². The molecule has 0 atom stereocenters. The second kappa shape index (κ2) is 7.40. The Morgan fingerprint density at radius 3 is 1.82 bits per heavy atom. The van der Waals surface area contributed by atoms with Gasteiger partial charge in [-0.25, -0.2) is 16.8 Å². The quantitative estimate of drug-likeness (QED) is 0.756. The Kier molecular flexibility index (Phi) is 5.88. The molecular formula is C20H28N2O4S2. The summed E-state index contributed by atoms with van der Waals surface area (Å²) in [5.41, 5.74) is 3.37. The summed E-state index contributed by atoms with van der Waals surface area (Å²) in [4.78, 5) is 0.0733. The zero-order valence-electron chi connectivity index (χ0n) is 17.3. The maximum absolute atomic E-state index is 13.1. The second-order valence-corrected chi connectivity index (χ2v) is 11.5. The molecule has 0 bridgehead atoms. The molecule has 0 saturated heterocycles. The lowest BCUT2D eigenvalue weighted by molar-refractivity contribution is 0.590. The number of aryl methyl sites for hydroxylation is 2. The minimum absolute atomic E-state index is 0.0340. The number of rotatable bonds is 5. The standard InChI is InChI=1S/C20H28N2O4S2/c1-13-12-14(2)19(15(3)18(13)22-27(7,23)24)28(25,26)21-17-10-8-16(9-11-17)20(4,5)6/h8-12,21-22H,1-7H3. The molecule has 0 fully saturated rings. The van der Waals surface area contributed by atoms with E-state index in [0.717, 1.165) is 11.8 Å². The normalized spacial score (nSPS) is 12.7. The van der Waals surface area contributed by atoms with E-state index in [4.69, 9.17) is 0 Å². The fourth-order valence-corrected chi connectivity index (χ4v) is 5.39. The molecular weight excluding hydrogens is 396 g/mol. The van der Waals surface area contributed by atoms with Crippen molar-refractivity contribution in [1.82, 2.24) is 0 Å². The third kappa shape index (κ3) is 5.05. The van der Waals surface area contributed by atoms with Gasteiger partial charge in [0.15, 0.2) is 0 Å². The highest BCUT2D eigenvalue weighted by Gasteiger charge is 2.24. The maximum atomic E-state index is 13.1. The van der Waals surface area contributed by atoms with E-state index in [1.165, 1.54) is 0 Å². The summed E-state index contributed by atoms with van der Waals surface area (Å²) >= 11 is 0. The number of hydrogen-bond acceptors (Lipinski definition) is 4. The Morgan fingerprint density at radius 2 is 1.36 bits per heavy atom. The largest absolute Gasteiger partial charge is 0.283 e. The Labute approximate surface area is 168 Å². The van der Waals surface area contributed by atoms with Gasteiger partial charge in [-0.05, 0) is 60.6 Å². The molecule has 0 aliphatic carbocycles. The van der Waals surface area contributed by atoms with E-state index >= 15 is 0 Å². The molecule has 0 aliphatic heterocycles. The summed E-state index contributed by atoms with van der Waals surface area (Å²) in [5, 5.41) is 0. The summed E-state index contributed by atoms with van der Waals surface area (Å²) in [6.07, 6.45) is 1.04. The van der Waals surface area contributed by atoms with Gasteiger partial charge in [-0.15, -0.1) is 0 Å². The zero-order chi connectivity index (χ0) is 21.5. The molecule has 2 aromatic carbocycles. The highest BCUT2D eigenvalue weighted by atomic mass is 32.2. The first kappa shape index (κ1) is 22.2. The second-order valence-electron chi connectivity index (χ2n) is 8.15. The van der Waals surface area contributed by atoms with Crippen LogP contribution in [0.25, 0.3) is 0 Å². The lowest BCUT2D eigenvalue weighted by Crippen LogP contribution is -2.19. The van der Waals surface area contributed by atoms with Crippen LogP contribution < -0.4 is 9.44 Å². The topological polar surface area (TPSA) is 92.3 Å². The summed E-state index contributed by atoms with van der Waals surface area (Å²) < 4.78 is 54.5. The van der Waals surface area contributed by atoms with Crippen LogP contribution in [-0.4, -0.2) is 23.1 Å². The molecule has 6 nitrogen and oxygen atoms in total. The van der Waals surface area contributed by atoms with Gasteiger partial charge in [-0.2, -0.15) is 0 Å². The van der Waals surface area contributed by atoms with Crippen molar-refractivity contribution in [3.05, 3.63) is 52.6 Å². The minimum atomic E-state index is -3.90. The van der Waals surface area contributed by atoms with Crippen molar-refractivity contribution in [3.63, 3.8) is 0 Å². The summed E-state index contributed by atoms with van der Waals surface area (Å²) in [6.45, 7) is 11.3. The van der Waals surface area contributed by atoms with Crippen LogP contribution in [-0.2, 0) is 25.5 Å². The Balaban J connectivity index is 2.49. The highest BCUT2D eigenvalue weighted by molar-refractivity contribution is 7.93. The van der Waals surface area contributed by atoms with Crippen LogP contribution in [0.3, 0.4) is 0 Å². The smallest absolute Gasteiger partial charge is 0.262 e. The van der Waals surface area contributed by atoms with Crippen LogP contribution in [0, 0.1) is 20.8 Å². The van der Waals surface area contributed by atoms with E-state index in [9.17, 15) is 16.8 Å². The molecule has 0 radical (unpaired) electrons. The number of nitrogens with one attached hydrogen (secondary N) is 2. The lowest BCUT2D eigenvalue weighted by Gasteiger charge is -2.20. The fraction of sp³-hybridized carbons (Fsp3) is 0.400. The van der Waals surface area contributed by atoms with E-state index in [0.29, 0.717) is 22.4 Å². The molecule has 0 aromatic heterocycles.